The summed E-state index contributed by atoms with van der Waals surface area (Å²) in [5.41, 5.74) is 1.81. The van der Waals surface area contributed by atoms with Crippen LogP contribution in [-0.4, -0.2) is 46.0 Å². The van der Waals surface area contributed by atoms with Gasteiger partial charge in [0.25, 0.3) is 0 Å². The highest BCUT2D eigenvalue weighted by molar-refractivity contribution is 5.87. The number of aromatic amines is 1. The fourth-order valence-corrected chi connectivity index (χ4v) is 4.14. The van der Waals surface area contributed by atoms with Gasteiger partial charge in [0, 0.05) is 31.0 Å². The average Bonchev–Trinajstić information content (AvgIpc) is 3.23. The van der Waals surface area contributed by atoms with E-state index in [-0.39, 0.29) is 18.0 Å². The molecule has 4 rings (SSSR count). The van der Waals surface area contributed by atoms with Crippen molar-refractivity contribution in [1.29, 1.82) is 0 Å². The first-order valence-corrected chi connectivity index (χ1v) is 10.7. The maximum atomic E-state index is 13.1. The summed E-state index contributed by atoms with van der Waals surface area (Å²) in [5, 5.41) is 7.73. The van der Waals surface area contributed by atoms with E-state index < -0.39 is 0 Å². The van der Waals surface area contributed by atoms with E-state index in [4.69, 9.17) is 0 Å². The number of hydrogen-bond donors (Lipinski definition) is 3. The molecule has 3 aromatic rings. The van der Waals surface area contributed by atoms with Gasteiger partial charge in [-0.05, 0) is 43.4 Å². The van der Waals surface area contributed by atoms with Gasteiger partial charge >= 0.3 is 0 Å². The fraction of sp³-hybridized carbons (Fsp3) is 0.435. The molecule has 0 spiro atoms. The van der Waals surface area contributed by atoms with E-state index in [1.54, 1.807) is 6.33 Å². The van der Waals surface area contributed by atoms with Gasteiger partial charge in [0.15, 0.2) is 0 Å². The van der Waals surface area contributed by atoms with Gasteiger partial charge in [-0.1, -0.05) is 32.0 Å². The van der Waals surface area contributed by atoms with Crippen LogP contribution in [0.2, 0.25) is 0 Å². The van der Waals surface area contributed by atoms with Gasteiger partial charge in [-0.2, -0.15) is 0 Å². The first-order valence-electron chi connectivity index (χ1n) is 10.7. The van der Waals surface area contributed by atoms with Crippen LogP contribution >= 0.6 is 0 Å². The second-order valence-corrected chi connectivity index (χ2v) is 8.42. The van der Waals surface area contributed by atoms with Crippen LogP contribution in [0.5, 0.6) is 0 Å². The number of carbonyl (C=O) groups is 1. The van der Waals surface area contributed by atoms with Gasteiger partial charge in [0.1, 0.15) is 23.8 Å². The van der Waals surface area contributed by atoms with Crippen LogP contribution in [0.1, 0.15) is 33.1 Å². The Morgan fingerprint density at radius 3 is 2.87 bits per heavy atom. The molecule has 0 bridgehead atoms. The summed E-state index contributed by atoms with van der Waals surface area (Å²) in [7, 11) is 0. The van der Waals surface area contributed by atoms with Gasteiger partial charge in [-0.3, -0.25) is 4.79 Å². The Morgan fingerprint density at radius 1 is 1.23 bits per heavy atom. The highest BCUT2D eigenvalue weighted by Crippen LogP contribution is 2.25. The van der Waals surface area contributed by atoms with Crippen molar-refractivity contribution < 1.29 is 4.79 Å². The number of aromatic nitrogens is 3. The number of benzene rings is 1. The SMILES string of the molecule is CC(C)C[C@@H](Nc1ccccc1)C(=O)N[C@@H]1CCCN(c2ncnc3[nH]ccc23)C1. The summed E-state index contributed by atoms with van der Waals surface area (Å²) in [4.78, 5) is 27.3. The molecule has 3 heterocycles. The van der Waals surface area contributed by atoms with Gasteiger partial charge in [-0.25, -0.2) is 9.97 Å². The zero-order valence-electron chi connectivity index (χ0n) is 17.6. The van der Waals surface area contributed by atoms with Crippen molar-refractivity contribution in [2.45, 2.75) is 45.2 Å². The maximum Gasteiger partial charge on any atom is 0.242 e. The second-order valence-electron chi connectivity index (χ2n) is 8.42. The van der Waals surface area contributed by atoms with Crippen LogP contribution in [0.25, 0.3) is 11.0 Å². The van der Waals surface area contributed by atoms with Crippen LogP contribution in [0, 0.1) is 5.92 Å². The van der Waals surface area contributed by atoms with Crippen molar-refractivity contribution in [3.05, 3.63) is 48.9 Å². The minimum absolute atomic E-state index is 0.0638. The Kier molecular flexibility index (Phi) is 6.16. The largest absolute Gasteiger partial charge is 0.374 e. The molecule has 1 aliphatic heterocycles. The van der Waals surface area contributed by atoms with Crippen LogP contribution in [0.4, 0.5) is 11.5 Å². The Bertz CT molecular complexity index is 970. The molecule has 1 aromatic carbocycles. The highest BCUT2D eigenvalue weighted by atomic mass is 16.2. The molecule has 30 heavy (non-hydrogen) atoms. The second kappa shape index (κ2) is 9.15. The predicted octanol–water partition coefficient (Wildman–Crippen LogP) is 3.57. The fourth-order valence-electron chi connectivity index (χ4n) is 4.14. The zero-order chi connectivity index (χ0) is 20.9. The van der Waals surface area contributed by atoms with Gasteiger partial charge < -0.3 is 20.5 Å². The Morgan fingerprint density at radius 2 is 2.07 bits per heavy atom. The van der Waals surface area contributed by atoms with E-state index in [0.29, 0.717) is 5.92 Å². The third kappa shape index (κ3) is 4.72. The lowest BCUT2D eigenvalue weighted by Gasteiger charge is -2.35. The molecule has 1 saturated heterocycles. The molecule has 1 fully saturated rings. The Hall–Kier alpha value is -3.09. The number of nitrogens with one attached hydrogen (secondary N) is 3. The third-order valence-electron chi connectivity index (χ3n) is 5.54. The van der Waals surface area contributed by atoms with Gasteiger partial charge in [0.05, 0.1) is 5.39 Å². The molecular formula is C23H30N6O. The van der Waals surface area contributed by atoms with Crippen LogP contribution in [0.15, 0.2) is 48.9 Å². The summed E-state index contributed by atoms with van der Waals surface area (Å²) >= 11 is 0. The standard InChI is InChI=1S/C23H30N6O/c1-16(2)13-20(27-17-7-4-3-5-8-17)23(30)28-18-9-6-12-29(14-18)22-19-10-11-24-21(19)25-15-26-22/h3-5,7-8,10-11,15-16,18,20,27H,6,9,12-14H2,1-2H3,(H,28,30)(H,24,25,26)/t18-,20-/m1/s1. The van der Waals surface area contributed by atoms with Crippen molar-refractivity contribution in [3.63, 3.8) is 0 Å². The molecule has 2 atom stereocenters. The smallest absolute Gasteiger partial charge is 0.242 e. The first-order chi connectivity index (χ1) is 14.6. The monoisotopic (exact) mass is 406 g/mol. The molecule has 0 unspecified atom stereocenters. The molecule has 0 saturated carbocycles. The number of carbonyl (C=O) groups excluding carboxylic acids is 1. The summed E-state index contributed by atoms with van der Waals surface area (Å²) in [6, 6.07) is 11.8. The number of rotatable bonds is 7. The average molecular weight is 407 g/mol. The van der Waals surface area contributed by atoms with E-state index in [9.17, 15) is 4.79 Å². The van der Waals surface area contributed by atoms with Crippen molar-refractivity contribution >= 4 is 28.4 Å². The Balaban J connectivity index is 1.44. The first kappa shape index (κ1) is 20.2. The molecule has 1 aliphatic rings. The molecule has 3 N–H and O–H groups in total. The molecule has 1 amide bonds. The van der Waals surface area contributed by atoms with E-state index >= 15 is 0 Å². The topological polar surface area (TPSA) is 85.9 Å². The third-order valence-corrected chi connectivity index (χ3v) is 5.54. The normalized spacial score (nSPS) is 17.8. The lowest BCUT2D eigenvalue weighted by molar-refractivity contribution is -0.122. The van der Waals surface area contributed by atoms with Crippen molar-refractivity contribution in [2.75, 3.05) is 23.3 Å². The van der Waals surface area contributed by atoms with Crippen molar-refractivity contribution in [3.8, 4) is 0 Å². The lowest BCUT2D eigenvalue weighted by Crippen LogP contribution is -2.52. The van der Waals surface area contributed by atoms with Crippen LogP contribution < -0.4 is 15.5 Å². The molecule has 7 heteroatoms. The molecule has 158 valence electrons. The molecule has 7 nitrogen and oxygen atoms in total. The van der Waals surface area contributed by atoms with Crippen LogP contribution in [-0.2, 0) is 4.79 Å². The molecular weight excluding hydrogens is 376 g/mol. The number of para-hydroxylation sites is 1. The van der Waals surface area contributed by atoms with Gasteiger partial charge in [-0.15, -0.1) is 0 Å². The highest BCUT2D eigenvalue weighted by Gasteiger charge is 2.27. The maximum absolute atomic E-state index is 13.1. The summed E-state index contributed by atoms with van der Waals surface area (Å²) < 4.78 is 0. The quantitative estimate of drug-likeness (QED) is 0.558. The number of H-pyrrole nitrogens is 1. The minimum atomic E-state index is -0.252. The molecule has 0 aliphatic carbocycles. The number of anilines is 2. The van der Waals surface area contributed by atoms with E-state index in [1.165, 1.54) is 0 Å². The number of fused-ring (bicyclic) bond motifs is 1. The lowest BCUT2D eigenvalue weighted by atomic mass is 10.0. The minimum Gasteiger partial charge on any atom is -0.374 e. The number of hydrogen-bond acceptors (Lipinski definition) is 5. The van der Waals surface area contributed by atoms with Crippen LogP contribution in [0.3, 0.4) is 0 Å². The van der Waals surface area contributed by atoms with Crippen molar-refractivity contribution in [2.24, 2.45) is 5.92 Å². The van der Waals surface area contributed by atoms with E-state index in [0.717, 1.165) is 54.9 Å². The van der Waals surface area contributed by atoms with Crippen molar-refractivity contribution in [1.82, 2.24) is 20.3 Å². The molecule has 2 aromatic heterocycles. The summed E-state index contributed by atoms with van der Waals surface area (Å²) in [5.74, 6) is 1.41. The van der Waals surface area contributed by atoms with E-state index in [1.807, 2.05) is 42.6 Å². The predicted molar refractivity (Wildman–Crippen MR) is 121 cm³/mol. The number of amides is 1. The van der Waals surface area contributed by atoms with Gasteiger partial charge in [0.2, 0.25) is 5.91 Å². The zero-order valence-corrected chi connectivity index (χ0v) is 17.6. The number of piperidine rings is 1. The van der Waals surface area contributed by atoms with E-state index in [2.05, 4.69) is 44.3 Å². The molecule has 0 radical (unpaired) electrons. The Labute approximate surface area is 177 Å². The number of nitrogens with zero attached hydrogens (tertiary/aromatic N) is 3. The summed E-state index contributed by atoms with van der Waals surface area (Å²) in [6.45, 7) is 5.98. The summed E-state index contributed by atoms with van der Waals surface area (Å²) in [6.07, 6.45) is 6.26.